The number of hydrogen-bond acceptors (Lipinski definition) is 0. The van der Waals surface area contributed by atoms with Crippen LogP contribution in [0.2, 0.25) is 0 Å². The lowest BCUT2D eigenvalue weighted by Crippen LogP contribution is -1.97. The van der Waals surface area contributed by atoms with Gasteiger partial charge in [-0.1, -0.05) is 140 Å². The number of fused-ring (bicyclic) bond motifs is 7. The lowest BCUT2D eigenvalue weighted by molar-refractivity contribution is 1.17. The van der Waals surface area contributed by atoms with Gasteiger partial charge in [-0.05, 0) is 70.1 Å². The van der Waals surface area contributed by atoms with Crippen LogP contribution in [0.3, 0.4) is 0 Å². The molecule has 0 N–H and O–H groups in total. The molecular weight excluding hydrogens is 581 g/mol. The van der Waals surface area contributed by atoms with E-state index in [1.54, 1.807) is 0 Å². The average Bonchev–Trinajstić information content (AvgIpc) is 3.66. The van der Waals surface area contributed by atoms with E-state index in [9.17, 15) is 0 Å². The minimum Gasteiger partial charge on any atom is -0.309 e. The molecule has 0 aliphatic carbocycles. The number of rotatable bonds is 4. The van der Waals surface area contributed by atoms with Gasteiger partial charge in [0.05, 0.1) is 27.8 Å². The van der Waals surface area contributed by atoms with Crippen molar-refractivity contribution in [2.24, 2.45) is 0 Å². The Morgan fingerprint density at radius 3 is 1.46 bits per heavy atom. The van der Waals surface area contributed by atoms with Gasteiger partial charge in [-0.3, -0.25) is 0 Å². The Morgan fingerprint density at radius 2 is 0.771 bits per heavy atom. The predicted octanol–water partition coefficient (Wildman–Crippen LogP) is 12.4. The lowest BCUT2D eigenvalue weighted by Gasteiger charge is -2.15. The first-order valence-corrected chi connectivity index (χ1v) is 16.5. The first kappa shape index (κ1) is 26.8. The Hall–Kier alpha value is -6.38. The van der Waals surface area contributed by atoms with Gasteiger partial charge in [-0.25, -0.2) is 0 Å². The Morgan fingerprint density at radius 1 is 0.271 bits per heavy atom. The van der Waals surface area contributed by atoms with E-state index in [0.717, 1.165) is 0 Å². The fourth-order valence-corrected chi connectivity index (χ4v) is 7.75. The van der Waals surface area contributed by atoms with Crippen LogP contribution in [0.4, 0.5) is 0 Å². The highest BCUT2D eigenvalue weighted by atomic mass is 15.0. The largest absolute Gasteiger partial charge is 0.309 e. The maximum absolute atomic E-state index is 2.47. The van der Waals surface area contributed by atoms with Crippen molar-refractivity contribution in [2.75, 3.05) is 0 Å². The zero-order valence-corrected chi connectivity index (χ0v) is 26.2. The van der Waals surface area contributed by atoms with E-state index in [1.807, 2.05) is 0 Å². The van der Waals surface area contributed by atoms with Gasteiger partial charge in [-0.15, -0.1) is 0 Å². The fraction of sp³-hybridized carbons (Fsp3) is 0. The van der Waals surface area contributed by atoms with Gasteiger partial charge in [-0.2, -0.15) is 0 Å². The van der Waals surface area contributed by atoms with Crippen LogP contribution < -0.4 is 0 Å². The first-order valence-electron chi connectivity index (χ1n) is 16.5. The standard InChI is InChI=1S/C46H30N2/c1-3-13-31(14-4-1)32-23-25-33(26-24-32)35-27-28-44(37-18-8-7-17-36(35)37)48-43-22-12-10-20-39(43)41-29-40-38-19-9-11-21-42(38)47(45(40)30-46(41)48)34-15-5-2-6-16-34/h1-30H. The summed E-state index contributed by atoms with van der Waals surface area (Å²) in [6, 6.07) is 66.2. The van der Waals surface area contributed by atoms with Crippen LogP contribution in [-0.2, 0) is 0 Å². The molecule has 0 radical (unpaired) electrons. The van der Waals surface area contributed by atoms with Crippen LogP contribution in [0.5, 0.6) is 0 Å². The van der Waals surface area contributed by atoms with E-state index in [4.69, 9.17) is 0 Å². The molecule has 2 aromatic heterocycles. The third-order valence-electron chi connectivity index (χ3n) is 9.93. The molecule has 0 saturated carbocycles. The van der Waals surface area contributed by atoms with E-state index in [1.165, 1.54) is 88.0 Å². The summed E-state index contributed by atoms with van der Waals surface area (Å²) in [5, 5.41) is 7.53. The van der Waals surface area contributed by atoms with Crippen LogP contribution in [0.15, 0.2) is 182 Å². The van der Waals surface area contributed by atoms with Crippen molar-refractivity contribution in [2.45, 2.75) is 0 Å². The van der Waals surface area contributed by atoms with Crippen molar-refractivity contribution in [1.82, 2.24) is 9.13 Å². The maximum Gasteiger partial charge on any atom is 0.0562 e. The normalized spacial score (nSPS) is 11.8. The predicted molar refractivity (Wildman–Crippen MR) is 203 cm³/mol. The zero-order valence-electron chi connectivity index (χ0n) is 26.2. The second kappa shape index (κ2) is 10.6. The van der Waals surface area contributed by atoms with E-state index in [2.05, 4.69) is 191 Å². The van der Waals surface area contributed by atoms with E-state index in [-0.39, 0.29) is 0 Å². The van der Waals surface area contributed by atoms with Gasteiger partial charge in [0.2, 0.25) is 0 Å². The smallest absolute Gasteiger partial charge is 0.0562 e. The molecule has 10 rings (SSSR count). The van der Waals surface area contributed by atoms with Crippen molar-refractivity contribution in [3.05, 3.63) is 182 Å². The summed E-state index contributed by atoms with van der Waals surface area (Å²) < 4.78 is 4.88. The number of benzene rings is 8. The van der Waals surface area contributed by atoms with Crippen LogP contribution in [0, 0.1) is 0 Å². The van der Waals surface area contributed by atoms with E-state index in [0.29, 0.717) is 0 Å². The Kier molecular flexibility index (Phi) is 5.91. The highest BCUT2D eigenvalue weighted by Gasteiger charge is 2.19. The molecule has 0 bridgehead atoms. The van der Waals surface area contributed by atoms with Crippen molar-refractivity contribution in [3.63, 3.8) is 0 Å². The monoisotopic (exact) mass is 610 g/mol. The molecule has 0 spiro atoms. The third kappa shape index (κ3) is 4.00. The van der Waals surface area contributed by atoms with Crippen molar-refractivity contribution < 1.29 is 0 Å². The number of hydrogen-bond donors (Lipinski definition) is 0. The molecular formula is C46H30N2. The van der Waals surface area contributed by atoms with Crippen LogP contribution in [-0.4, -0.2) is 9.13 Å². The van der Waals surface area contributed by atoms with Gasteiger partial charge < -0.3 is 9.13 Å². The molecule has 0 amide bonds. The summed E-state index contributed by atoms with van der Waals surface area (Å²) in [6.07, 6.45) is 0. The molecule has 0 aliphatic heterocycles. The van der Waals surface area contributed by atoms with E-state index >= 15 is 0 Å². The number of nitrogens with zero attached hydrogens (tertiary/aromatic N) is 2. The molecule has 0 atom stereocenters. The summed E-state index contributed by atoms with van der Waals surface area (Å²) in [5.41, 5.74) is 12.1. The number of para-hydroxylation sites is 3. The van der Waals surface area contributed by atoms with Crippen molar-refractivity contribution in [3.8, 4) is 33.6 Å². The average molecular weight is 611 g/mol. The summed E-state index contributed by atoms with van der Waals surface area (Å²) in [4.78, 5) is 0. The molecule has 0 aliphatic rings. The summed E-state index contributed by atoms with van der Waals surface area (Å²) in [6.45, 7) is 0. The third-order valence-corrected chi connectivity index (χ3v) is 9.93. The van der Waals surface area contributed by atoms with Gasteiger partial charge in [0.1, 0.15) is 0 Å². The molecule has 2 heteroatoms. The molecule has 0 fully saturated rings. The second-order valence-corrected chi connectivity index (χ2v) is 12.5. The highest BCUT2D eigenvalue weighted by molar-refractivity contribution is 6.19. The van der Waals surface area contributed by atoms with Crippen LogP contribution >= 0.6 is 0 Å². The first-order chi connectivity index (χ1) is 23.8. The minimum absolute atomic E-state index is 1.17. The van der Waals surface area contributed by atoms with Gasteiger partial charge in [0.25, 0.3) is 0 Å². The molecule has 0 saturated heterocycles. The summed E-state index contributed by atoms with van der Waals surface area (Å²) in [7, 11) is 0. The zero-order chi connectivity index (χ0) is 31.6. The molecule has 48 heavy (non-hydrogen) atoms. The van der Waals surface area contributed by atoms with Gasteiger partial charge in [0.15, 0.2) is 0 Å². The van der Waals surface area contributed by atoms with Crippen LogP contribution in [0.25, 0.3) is 88.0 Å². The van der Waals surface area contributed by atoms with E-state index < -0.39 is 0 Å². The highest BCUT2D eigenvalue weighted by Crippen LogP contribution is 2.42. The van der Waals surface area contributed by atoms with Gasteiger partial charge >= 0.3 is 0 Å². The Balaban J connectivity index is 1.24. The minimum atomic E-state index is 1.17. The van der Waals surface area contributed by atoms with Crippen LogP contribution in [0.1, 0.15) is 0 Å². The van der Waals surface area contributed by atoms with Crippen molar-refractivity contribution >= 4 is 54.4 Å². The Labute approximate surface area is 278 Å². The molecule has 224 valence electrons. The molecule has 2 nitrogen and oxygen atoms in total. The summed E-state index contributed by atoms with van der Waals surface area (Å²) >= 11 is 0. The number of aromatic nitrogens is 2. The fourth-order valence-electron chi connectivity index (χ4n) is 7.75. The summed E-state index contributed by atoms with van der Waals surface area (Å²) in [5.74, 6) is 0. The van der Waals surface area contributed by atoms with Gasteiger partial charge in [0, 0.05) is 32.6 Å². The maximum atomic E-state index is 2.47. The molecule has 2 heterocycles. The quantitative estimate of drug-likeness (QED) is 0.188. The topological polar surface area (TPSA) is 9.86 Å². The second-order valence-electron chi connectivity index (χ2n) is 12.5. The SMILES string of the molecule is c1ccc(-c2ccc(-c3ccc(-n4c5ccccc5c5cc6c7ccccc7n(-c7ccccc7)c6cc54)c4ccccc34)cc2)cc1. The molecule has 8 aromatic carbocycles. The molecule has 0 unspecified atom stereocenters. The Bertz CT molecular complexity index is 2800. The van der Waals surface area contributed by atoms with Crippen molar-refractivity contribution in [1.29, 1.82) is 0 Å². The molecule has 10 aromatic rings. The lowest BCUT2D eigenvalue weighted by atomic mass is 9.95.